The van der Waals surface area contributed by atoms with Gasteiger partial charge in [0.05, 0.1) is 11.3 Å². The maximum absolute atomic E-state index is 12.9. The van der Waals surface area contributed by atoms with Crippen LogP contribution in [0.25, 0.3) is 5.95 Å². The summed E-state index contributed by atoms with van der Waals surface area (Å²) in [5, 5.41) is 6.73. The van der Waals surface area contributed by atoms with Crippen LogP contribution in [0.15, 0.2) is 35.1 Å². The van der Waals surface area contributed by atoms with E-state index >= 15 is 0 Å². The van der Waals surface area contributed by atoms with Gasteiger partial charge in [-0.15, -0.1) is 0 Å². The van der Waals surface area contributed by atoms with E-state index in [1.54, 1.807) is 33.8 Å². The van der Waals surface area contributed by atoms with E-state index in [9.17, 15) is 22.8 Å². The number of nitrogens with one attached hydrogen (secondary N) is 1. The minimum atomic E-state index is -4.53. The van der Waals surface area contributed by atoms with Crippen molar-refractivity contribution < 1.29 is 18.0 Å². The third kappa shape index (κ3) is 4.27. The van der Waals surface area contributed by atoms with Crippen LogP contribution in [-0.4, -0.2) is 25.2 Å². The third-order valence-corrected chi connectivity index (χ3v) is 4.59. The summed E-state index contributed by atoms with van der Waals surface area (Å²) in [4.78, 5) is 29.8. The molecule has 1 amide bonds. The summed E-state index contributed by atoms with van der Waals surface area (Å²) < 4.78 is 41.3. The number of aryl methyl sites for hydroxylation is 3. The average molecular weight is 419 g/mol. The summed E-state index contributed by atoms with van der Waals surface area (Å²) in [6, 6.07) is 6.09. The average Bonchev–Trinajstić information content (AvgIpc) is 2.99. The molecule has 3 aromatic rings. The second-order valence-corrected chi connectivity index (χ2v) is 6.98. The molecule has 0 radical (unpaired) electrons. The van der Waals surface area contributed by atoms with Crippen LogP contribution >= 0.6 is 0 Å². The molecule has 0 bridgehead atoms. The second kappa shape index (κ2) is 7.77. The van der Waals surface area contributed by atoms with E-state index in [0.29, 0.717) is 17.0 Å². The monoisotopic (exact) mass is 419 g/mol. The molecule has 158 valence electrons. The van der Waals surface area contributed by atoms with Gasteiger partial charge in [-0.05, 0) is 52.0 Å². The van der Waals surface area contributed by atoms with Crippen LogP contribution in [0.4, 0.5) is 18.9 Å². The molecule has 0 unspecified atom stereocenters. The zero-order chi connectivity index (χ0) is 22.2. The van der Waals surface area contributed by atoms with Crippen LogP contribution in [0.3, 0.4) is 0 Å². The second-order valence-electron chi connectivity index (χ2n) is 6.98. The largest absolute Gasteiger partial charge is 0.416 e. The van der Waals surface area contributed by atoms with Gasteiger partial charge in [0.1, 0.15) is 6.54 Å². The molecule has 10 heteroatoms. The molecular formula is C20H20F3N5O2. The lowest BCUT2D eigenvalue weighted by atomic mass is 10.2. The van der Waals surface area contributed by atoms with Gasteiger partial charge in [0, 0.05) is 22.6 Å². The summed E-state index contributed by atoms with van der Waals surface area (Å²) in [7, 11) is 0. The van der Waals surface area contributed by atoms with Gasteiger partial charge in [-0.2, -0.15) is 18.3 Å². The molecule has 2 heterocycles. The topological polar surface area (TPSA) is 81.8 Å². The van der Waals surface area contributed by atoms with Crippen molar-refractivity contribution in [3.63, 3.8) is 0 Å². The van der Waals surface area contributed by atoms with Crippen molar-refractivity contribution in [1.29, 1.82) is 0 Å². The molecule has 0 atom stereocenters. The fourth-order valence-electron chi connectivity index (χ4n) is 3.00. The summed E-state index contributed by atoms with van der Waals surface area (Å²) in [6.45, 7) is 6.41. The number of anilines is 1. The lowest BCUT2D eigenvalue weighted by Gasteiger charge is -2.15. The fraction of sp³-hybridized carbons (Fsp3) is 0.300. The molecule has 7 nitrogen and oxygen atoms in total. The highest BCUT2D eigenvalue weighted by molar-refractivity contribution is 5.90. The van der Waals surface area contributed by atoms with Crippen molar-refractivity contribution in [3.8, 4) is 5.95 Å². The zero-order valence-corrected chi connectivity index (χ0v) is 16.8. The Kier molecular flexibility index (Phi) is 5.51. The smallest absolute Gasteiger partial charge is 0.325 e. The molecule has 0 saturated heterocycles. The molecule has 0 aliphatic heterocycles. The molecule has 0 fully saturated rings. The predicted octanol–water partition coefficient (Wildman–Crippen LogP) is 3.32. The van der Waals surface area contributed by atoms with Crippen LogP contribution in [0, 0.1) is 27.7 Å². The van der Waals surface area contributed by atoms with E-state index in [4.69, 9.17) is 0 Å². The standard InChI is InChI=1S/C20H20F3N5O2/c1-11-8-12(2)28(26-11)19-24-14(4)13(3)18(30)27(19)10-17(29)25-16-7-5-6-15(9-16)20(21,22)23/h5-9H,10H2,1-4H3,(H,25,29). The number of alkyl halides is 3. The highest BCUT2D eigenvalue weighted by Crippen LogP contribution is 2.30. The minimum absolute atomic E-state index is 0.0210. The number of carbonyl (C=O) groups is 1. The molecule has 0 aliphatic carbocycles. The Balaban J connectivity index is 1.97. The molecule has 0 saturated carbocycles. The highest BCUT2D eigenvalue weighted by Gasteiger charge is 2.30. The summed E-state index contributed by atoms with van der Waals surface area (Å²) >= 11 is 0. The van der Waals surface area contributed by atoms with Gasteiger partial charge in [0.2, 0.25) is 11.9 Å². The van der Waals surface area contributed by atoms with Crippen LogP contribution in [-0.2, 0) is 17.5 Å². The number of benzene rings is 1. The first-order valence-corrected chi connectivity index (χ1v) is 9.06. The molecule has 30 heavy (non-hydrogen) atoms. The number of hydrogen-bond donors (Lipinski definition) is 1. The number of aromatic nitrogens is 4. The zero-order valence-electron chi connectivity index (χ0n) is 16.8. The van der Waals surface area contributed by atoms with Gasteiger partial charge >= 0.3 is 6.18 Å². The Morgan fingerprint density at radius 2 is 1.83 bits per heavy atom. The third-order valence-electron chi connectivity index (χ3n) is 4.59. The van der Waals surface area contributed by atoms with Crippen molar-refractivity contribution in [3.05, 3.63) is 68.9 Å². The molecule has 1 aromatic carbocycles. The van der Waals surface area contributed by atoms with Crippen molar-refractivity contribution in [2.75, 3.05) is 5.32 Å². The molecule has 3 rings (SSSR count). The van der Waals surface area contributed by atoms with Gasteiger partial charge in [-0.1, -0.05) is 6.07 Å². The maximum Gasteiger partial charge on any atom is 0.416 e. The maximum atomic E-state index is 12.9. The first kappa shape index (κ1) is 21.3. The predicted molar refractivity (Wildman–Crippen MR) is 105 cm³/mol. The van der Waals surface area contributed by atoms with Gasteiger partial charge in [-0.3, -0.25) is 14.2 Å². The van der Waals surface area contributed by atoms with Gasteiger partial charge in [0.25, 0.3) is 5.56 Å². The van der Waals surface area contributed by atoms with E-state index in [-0.39, 0.29) is 11.6 Å². The molecule has 2 aromatic heterocycles. The Morgan fingerprint density at radius 3 is 2.43 bits per heavy atom. The fourth-order valence-corrected chi connectivity index (χ4v) is 3.00. The number of carbonyl (C=O) groups excluding carboxylic acids is 1. The number of nitrogens with zero attached hydrogens (tertiary/aromatic N) is 4. The van der Waals surface area contributed by atoms with Gasteiger partial charge < -0.3 is 5.32 Å². The van der Waals surface area contributed by atoms with E-state index in [1.807, 2.05) is 0 Å². The van der Waals surface area contributed by atoms with E-state index < -0.39 is 29.8 Å². The summed E-state index contributed by atoms with van der Waals surface area (Å²) in [5.74, 6) is -0.503. The molecular weight excluding hydrogens is 399 g/mol. The number of rotatable bonds is 4. The molecule has 0 aliphatic rings. The Bertz CT molecular complexity index is 1180. The first-order chi connectivity index (χ1) is 14.0. The van der Waals surface area contributed by atoms with Crippen molar-refractivity contribution >= 4 is 11.6 Å². The van der Waals surface area contributed by atoms with Gasteiger partial charge in [0.15, 0.2) is 0 Å². The van der Waals surface area contributed by atoms with Crippen LogP contribution in [0.2, 0.25) is 0 Å². The Labute approximate surface area is 170 Å². The lowest BCUT2D eigenvalue weighted by molar-refractivity contribution is -0.137. The number of hydrogen-bond acceptors (Lipinski definition) is 4. The SMILES string of the molecule is Cc1cc(C)n(-c2nc(C)c(C)c(=O)n2CC(=O)Nc2cccc(C(F)(F)F)c2)n1. The lowest BCUT2D eigenvalue weighted by Crippen LogP contribution is -2.33. The molecule has 0 spiro atoms. The van der Waals surface area contributed by atoms with E-state index in [1.165, 1.54) is 16.8 Å². The van der Waals surface area contributed by atoms with Crippen LogP contribution in [0.5, 0.6) is 0 Å². The van der Waals surface area contributed by atoms with E-state index in [0.717, 1.165) is 22.4 Å². The van der Waals surface area contributed by atoms with Crippen molar-refractivity contribution in [2.24, 2.45) is 0 Å². The van der Waals surface area contributed by atoms with Gasteiger partial charge in [-0.25, -0.2) is 9.67 Å². The summed E-state index contributed by atoms with van der Waals surface area (Å²) in [5.41, 5.74) is 0.962. The normalized spacial score (nSPS) is 11.6. The first-order valence-electron chi connectivity index (χ1n) is 9.06. The minimum Gasteiger partial charge on any atom is -0.325 e. The molecule has 1 N–H and O–H groups in total. The van der Waals surface area contributed by atoms with Crippen LogP contribution < -0.4 is 10.9 Å². The van der Waals surface area contributed by atoms with E-state index in [2.05, 4.69) is 15.4 Å². The quantitative estimate of drug-likeness (QED) is 0.704. The Hall–Kier alpha value is -3.43. The Morgan fingerprint density at radius 1 is 1.13 bits per heavy atom. The highest BCUT2D eigenvalue weighted by atomic mass is 19.4. The summed E-state index contributed by atoms with van der Waals surface area (Å²) in [6.07, 6.45) is -4.53. The van der Waals surface area contributed by atoms with Crippen molar-refractivity contribution in [1.82, 2.24) is 19.3 Å². The number of amides is 1. The van der Waals surface area contributed by atoms with Crippen LogP contribution in [0.1, 0.15) is 28.2 Å². The van der Waals surface area contributed by atoms with Crippen molar-refractivity contribution in [2.45, 2.75) is 40.4 Å². The number of halogens is 3.